The van der Waals surface area contributed by atoms with Gasteiger partial charge in [-0.25, -0.2) is 4.98 Å². The first-order chi connectivity index (χ1) is 23.8. The van der Waals surface area contributed by atoms with Crippen LogP contribution in [-0.4, -0.2) is 20.1 Å². The van der Waals surface area contributed by atoms with Gasteiger partial charge in [-0.15, -0.1) is 41.4 Å². The van der Waals surface area contributed by atoms with Crippen molar-refractivity contribution in [2.75, 3.05) is 9.80 Å². The maximum atomic E-state index is 6.55. The van der Waals surface area contributed by atoms with Crippen LogP contribution in [0.5, 0.6) is 11.5 Å². The molecule has 0 saturated heterocycles. The van der Waals surface area contributed by atoms with Crippen LogP contribution in [0.4, 0.5) is 17.1 Å². The summed E-state index contributed by atoms with van der Waals surface area (Å²) >= 11 is 0. The molecular weight excluding hydrogens is 798 g/mol. The molecule has 50 heavy (non-hydrogen) atoms. The molecule has 0 amide bonds. The summed E-state index contributed by atoms with van der Waals surface area (Å²) in [5.41, 5.74) is 6.78. The zero-order valence-corrected chi connectivity index (χ0v) is 30.9. The Bertz CT molecular complexity index is 2220. The first-order valence-electron chi connectivity index (χ1n) is 17.8. The van der Waals surface area contributed by atoms with Gasteiger partial charge in [-0.3, -0.25) is 4.98 Å². The number of hydrogen-bond donors (Lipinski definition) is 0. The number of rotatable bonds is 5. The van der Waals surface area contributed by atoms with Crippen LogP contribution < -0.4 is 14.5 Å². The summed E-state index contributed by atoms with van der Waals surface area (Å²) in [6.45, 7) is 9.02. The van der Waals surface area contributed by atoms with Crippen LogP contribution in [0, 0.1) is 36.6 Å². The largest absolute Gasteiger partial charge is 0.509 e. The van der Waals surface area contributed by atoms with Gasteiger partial charge in [0.05, 0.1) is 5.69 Å². The number of aromatic nitrogens is 3. The molecule has 0 atom stereocenters. The minimum absolute atomic E-state index is 0. The summed E-state index contributed by atoms with van der Waals surface area (Å²) in [6.07, 6.45) is 14.0. The van der Waals surface area contributed by atoms with Gasteiger partial charge in [0.15, 0.2) is 0 Å². The molecule has 0 unspecified atom stereocenters. The summed E-state index contributed by atoms with van der Waals surface area (Å²) in [4.78, 5) is 14.2. The van der Waals surface area contributed by atoms with Crippen molar-refractivity contribution in [2.24, 2.45) is 17.8 Å². The number of nitrogens with zero attached hydrogens (tertiary/aromatic N) is 5. The van der Waals surface area contributed by atoms with Crippen molar-refractivity contribution >= 4 is 38.9 Å². The molecule has 5 aliphatic rings. The van der Waals surface area contributed by atoms with Crippen LogP contribution in [0.15, 0.2) is 91.4 Å². The monoisotopic (exact) mass is 837 g/mol. The standard InChI is InChI=1S/C43H40N5O.Pt/c1-42(2,3)31-13-16-45-41(20-31)48-37-10-5-4-9-35(37)36-12-11-34(22-39(36)48)49-33-8-6-7-32(21-33)46-27-47(38-14-15-44-26-40(38)46)43-23-28-17-29(24-43)19-30(18-28)25-43;/h4-16,20,26-30H,17-19,23-25H2,1-3H3;/q-3;. The van der Waals surface area contributed by atoms with E-state index in [-0.39, 0.29) is 32.0 Å². The second kappa shape index (κ2) is 11.7. The quantitative estimate of drug-likeness (QED) is 0.162. The smallest absolute Gasteiger partial charge is 0.135 e. The number of anilines is 3. The molecule has 0 spiro atoms. The second-order valence-electron chi connectivity index (χ2n) is 16.0. The van der Waals surface area contributed by atoms with Gasteiger partial charge < -0.3 is 19.1 Å². The van der Waals surface area contributed by atoms with Crippen molar-refractivity contribution in [3.8, 4) is 17.3 Å². The van der Waals surface area contributed by atoms with Gasteiger partial charge >= 0.3 is 0 Å². The minimum Gasteiger partial charge on any atom is -0.509 e. The maximum absolute atomic E-state index is 6.55. The Hall–Kier alpha value is -4.15. The summed E-state index contributed by atoms with van der Waals surface area (Å²) in [5, 5.41) is 2.28. The molecule has 6 aromatic rings. The molecule has 7 heteroatoms. The van der Waals surface area contributed by atoms with Gasteiger partial charge in [-0.2, -0.15) is 18.8 Å². The van der Waals surface area contributed by atoms with Crippen LogP contribution >= 0.6 is 0 Å². The number of hydrogen-bond acceptors (Lipinski definition) is 5. The van der Waals surface area contributed by atoms with Gasteiger partial charge in [-0.05, 0) is 96.9 Å². The van der Waals surface area contributed by atoms with Crippen molar-refractivity contribution < 1.29 is 25.8 Å². The molecule has 4 aliphatic carbocycles. The maximum Gasteiger partial charge on any atom is 0.135 e. The van der Waals surface area contributed by atoms with E-state index in [1.807, 2.05) is 30.7 Å². The molecule has 4 fully saturated rings. The molecule has 4 heterocycles. The number of para-hydroxylation sites is 1. The van der Waals surface area contributed by atoms with Crippen molar-refractivity contribution in [1.29, 1.82) is 0 Å². The second-order valence-corrected chi connectivity index (χ2v) is 16.0. The Morgan fingerprint density at radius 2 is 1.56 bits per heavy atom. The third-order valence-electron chi connectivity index (χ3n) is 11.7. The Morgan fingerprint density at radius 3 is 2.34 bits per heavy atom. The van der Waals surface area contributed by atoms with Crippen LogP contribution in [-0.2, 0) is 26.5 Å². The summed E-state index contributed by atoms with van der Waals surface area (Å²) in [7, 11) is 0. The molecular formula is C43H40N5OPt-3. The van der Waals surface area contributed by atoms with E-state index in [1.165, 1.54) is 49.8 Å². The van der Waals surface area contributed by atoms with Gasteiger partial charge in [0.25, 0.3) is 0 Å². The van der Waals surface area contributed by atoms with E-state index in [9.17, 15) is 0 Å². The molecule has 256 valence electrons. The van der Waals surface area contributed by atoms with E-state index in [4.69, 9.17) is 9.72 Å². The molecule has 11 rings (SSSR count). The molecule has 3 aromatic heterocycles. The number of benzene rings is 3. The predicted molar refractivity (Wildman–Crippen MR) is 196 cm³/mol. The topological polar surface area (TPSA) is 46.4 Å². The number of fused-ring (bicyclic) bond motifs is 4. The average Bonchev–Trinajstić information content (AvgIpc) is 3.64. The van der Waals surface area contributed by atoms with Crippen molar-refractivity contribution in [3.63, 3.8) is 0 Å². The first-order valence-corrected chi connectivity index (χ1v) is 17.8. The normalized spacial score (nSPS) is 23.8. The van der Waals surface area contributed by atoms with E-state index < -0.39 is 0 Å². The van der Waals surface area contributed by atoms with Gasteiger partial charge in [-0.1, -0.05) is 44.5 Å². The molecule has 6 nitrogen and oxygen atoms in total. The fourth-order valence-electron chi connectivity index (χ4n) is 9.87. The molecule has 0 N–H and O–H groups in total. The third-order valence-corrected chi connectivity index (χ3v) is 11.7. The van der Waals surface area contributed by atoms with Crippen molar-refractivity contribution in [1.82, 2.24) is 14.5 Å². The molecule has 3 aromatic carbocycles. The van der Waals surface area contributed by atoms with E-state index in [0.29, 0.717) is 11.5 Å². The zero-order valence-electron chi connectivity index (χ0n) is 28.7. The van der Waals surface area contributed by atoms with Crippen molar-refractivity contribution in [3.05, 3.63) is 116 Å². The Balaban J connectivity index is 0.00000336. The van der Waals surface area contributed by atoms with Crippen LogP contribution in [0.2, 0.25) is 0 Å². The third kappa shape index (κ3) is 5.08. The number of ether oxygens (including phenoxy) is 1. The Morgan fingerprint density at radius 1 is 0.800 bits per heavy atom. The summed E-state index contributed by atoms with van der Waals surface area (Å²) < 4.78 is 8.76. The SMILES string of the molecule is CC(C)(C)c1ccnc(-n2c3[c-]c(Oc4[c-]c(N5[CH-]N(C67CC8CC(CC(C8)C6)C7)c6ccncc65)ccc4)ccc3c3ccccc32)c1.[Pt]. The van der Waals surface area contributed by atoms with E-state index in [1.54, 1.807) is 0 Å². The minimum atomic E-state index is 0. The molecule has 4 bridgehead atoms. The Labute approximate surface area is 308 Å². The van der Waals surface area contributed by atoms with Gasteiger partial charge in [0.1, 0.15) is 5.82 Å². The fraction of sp³-hybridized carbons (Fsp3) is 0.326. The average molecular weight is 838 g/mol. The summed E-state index contributed by atoms with van der Waals surface area (Å²) in [5.74, 6) is 4.77. The van der Waals surface area contributed by atoms with E-state index in [0.717, 1.165) is 56.8 Å². The first kappa shape index (κ1) is 31.8. The van der Waals surface area contributed by atoms with Crippen LogP contribution in [0.3, 0.4) is 0 Å². The predicted octanol–water partition coefficient (Wildman–Crippen LogP) is 10.3. The number of pyridine rings is 2. The van der Waals surface area contributed by atoms with E-state index in [2.05, 4.69) is 120 Å². The fourth-order valence-corrected chi connectivity index (χ4v) is 9.87. The molecule has 0 radical (unpaired) electrons. The van der Waals surface area contributed by atoms with Crippen molar-refractivity contribution in [2.45, 2.75) is 70.3 Å². The van der Waals surface area contributed by atoms with Crippen LogP contribution in [0.25, 0.3) is 27.6 Å². The zero-order chi connectivity index (χ0) is 32.9. The Kier molecular flexibility index (Phi) is 7.44. The van der Waals surface area contributed by atoms with Gasteiger partial charge in [0, 0.05) is 67.9 Å². The summed E-state index contributed by atoms with van der Waals surface area (Å²) in [6, 6.07) is 32.5. The van der Waals surface area contributed by atoms with Gasteiger partial charge in [0.2, 0.25) is 0 Å². The molecule has 4 saturated carbocycles. The van der Waals surface area contributed by atoms with E-state index >= 15 is 0 Å². The van der Waals surface area contributed by atoms with Crippen LogP contribution in [0.1, 0.15) is 64.9 Å². The molecule has 1 aliphatic heterocycles.